The minimum absolute atomic E-state index is 0.00589. The third-order valence-corrected chi connectivity index (χ3v) is 3.51. The van der Waals surface area contributed by atoms with Gasteiger partial charge in [-0.3, -0.25) is 9.00 Å². The van der Waals surface area contributed by atoms with Crippen molar-refractivity contribution < 1.29 is 13.7 Å². The van der Waals surface area contributed by atoms with Gasteiger partial charge in [0.25, 0.3) is 0 Å². The summed E-state index contributed by atoms with van der Waals surface area (Å²) in [5.41, 5.74) is 5.47. The lowest BCUT2D eigenvalue weighted by molar-refractivity contribution is -0.132. The number of amides is 1. The molecular weight excluding hydrogens is 228 g/mol. The lowest BCUT2D eigenvalue weighted by Gasteiger charge is -2.16. The molecule has 1 heterocycles. The Hall–Kier alpha value is -0.460. The molecule has 1 aliphatic rings. The highest BCUT2D eigenvalue weighted by atomic mass is 32.2. The van der Waals surface area contributed by atoms with Gasteiger partial charge < -0.3 is 15.8 Å². The highest BCUT2D eigenvalue weighted by molar-refractivity contribution is 7.84. The molecule has 0 aliphatic carbocycles. The molecular formula is C10H20N2O3S. The first-order valence-corrected chi connectivity index (χ1v) is 7.21. The van der Waals surface area contributed by atoms with Crippen molar-refractivity contribution in [2.45, 2.75) is 38.0 Å². The van der Waals surface area contributed by atoms with Crippen molar-refractivity contribution >= 4 is 16.7 Å². The summed E-state index contributed by atoms with van der Waals surface area (Å²) in [6, 6.07) is -0.0844. The van der Waals surface area contributed by atoms with E-state index < -0.39 is 10.8 Å². The Balaban J connectivity index is 2.33. The molecule has 1 saturated heterocycles. The Morgan fingerprint density at radius 2 is 2.31 bits per heavy atom. The van der Waals surface area contributed by atoms with Gasteiger partial charge in [0.15, 0.2) is 0 Å². The Morgan fingerprint density at radius 3 is 2.81 bits per heavy atom. The Labute approximate surface area is 98.6 Å². The van der Waals surface area contributed by atoms with Gasteiger partial charge in [-0.15, -0.1) is 0 Å². The van der Waals surface area contributed by atoms with Gasteiger partial charge in [-0.25, -0.2) is 0 Å². The van der Waals surface area contributed by atoms with Crippen molar-refractivity contribution in [1.29, 1.82) is 0 Å². The molecule has 16 heavy (non-hydrogen) atoms. The normalized spacial score (nSPS) is 28.7. The quantitative estimate of drug-likeness (QED) is 0.679. The molecule has 0 radical (unpaired) electrons. The van der Waals surface area contributed by atoms with E-state index in [9.17, 15) is 9.00 Å². The molecule has 1 amide bonds. The Kier molecular flexibility index (Phi) is 5.37. The van der Waals surface area contributed by atoms with Crippen LogP contribution in [0.1, 0.15) is 19.8 Å². The van der Waals surface area contributed by atoms with Gasteiger partial charge in [0, 0.05) is 35.4 Å². The minimum atomic E-state index is -0.898. The van der Waals surface area contributed by atoms with Gasteiger partial charge in [0.05, 0.1) is 6.10 Å². The van der Waals surface area contributed by atoms with Crippen molar-refractivity contribution in [2.24, 2.45) is 5.73 Å². The maximum Gasteiger partial charge on any atom is 0.249 e. The molecule has 6 heteroatoms. The Morgan fingerprint density at radius 1 is 1.62 bits per heavy atom. The summed E-state index contributed by atoms with van der Waals surface area (Å²) >= 11 is 0. The summed E-state index contributed by atoms with van der Waals surface area (Å²) in [5, 5.41) is 2.80. The molecule has 5 nitrogen and oxygen atoms in total. The number of hydrogen-bond acceptors (Lipinski definition) is 4. The molecule has 94 valence electrons. The summed E-state index contributed by atoms with van der Waals surface area (Å²) in [7, 11) is -0.898. The molecule has 1 fully saturated rings. The van der Waals surface area contributed by atoms with Crippen LogP contribution in [0, 0.1) is 0 Å². The van der Waals surface area contributed by atoms with Crippen LogP contribution in [-0.4, -0.2) is 46.9 Å². The average Bonchev–Trinajstić information content (AvgIpc) is 2.64. The number of nitrogens with one attached hydrogen (secondary N) is 1. The van der Waals surface area contributed by atoms with Crippen LogP contribution in [0.15, 0.2) is 0 Å². The molecule has 4 atom stereocenters. The lowest BCUT2D eigenvalue weighted by Crippen LogP contribution is -2.42. The van der Waals surface area contributed by atoms with E-state index in [0.717, 1.165) is 12.8 Å². The van der Waals surface area contributed by atoms with Gasteiger partial charge in [-0.2, -0.15) is 0 Å². The van der Waals surface area contributed by atoms with Crippen LogP contribution in [0.25, 0.3) is 0 Å². The predicted octanol–water partition coefficient (Wildman–Crippen LogP) is -0.624. The zero-order valence-electron chi connectivity index (χ0n) is 9.77. The molecule has 3 N–H and O–H groups in total. The van der Waals surface area contributed by atoms with Crippen molar-refractivity contribution in [1.82, 2.24) is 5.32 Å². The molecule has 0 bridgehead atoms. The monoisotopic (exact) mass is 248 g/mol. The predicted molar refractivity (Wildman–Crippen MR) is 63.5 cm³/mol. The molecule has 1 rings (SSSR count). The first-order chi connectivity index (χ1) is 7.52. The summed E-state index contributed by atoms with van der Waals surface area (Å²) in [5.74, 6) is 0.354. The zero-order chi connectivity index (χ0) is 12.1. The largest absolute Gasteiger partial charge is 0.364 e. The maximum atomic E-state index is 11.7. The molecule has 0 aromatic carbocycles. The zero-order valence-corrected chi connectivity index (χ0v) is 10.6. The topological polar surface area (TPSA) is 81.4 Å². The van der Waals surface area contributed by atoms with Gasteiger partial charge in [-0.1, -0.05) is 0 Å². The van der Waals surface area contributed by atoms with E-state index in [1.807, 2.05) is 6.92 Å². The molecule has 0 aromatic heterocycles. The first kappa shape index (κ1) is 13.6. The molecule has 4 unspecified atom stereocenters. The Bertz CT molecular complexity index is 273. The van der Waals surface area contributed by atoms with Gasteiger partial charge in [0.1, 0.15) is 6.10 Å². The number of carbonyl (C=O) groups is 1. The molecule has 0 spiro atoms. The van der Waals surface area contributed by atoms with E-state index >= 15 is 0 Å². The summed E-state index contributed by atoms with van der Waals surface area (Å²) in [6.07, 6.45) is 2.80. The smallest absolute Gasteiger partial charge is 0.249 e. The molecule has 1 aliphatic heterocycles. The van der Waals surface area contributed by atoms with Gasteiger partial charge in [-0.05, 0) is 19.8 Å². The van der Waals surface area contributed by atoms with E-state index in [1.165, 1.54) is 0 Å². The second-order valence-corrected chi connectivity index (χ2v) is 5.69. The number of carbonyl (C=O) groups excluding carboxylic acids is 1. The van der Waals surface area contributed by atoms with Crippen molar-refractivity contribution in [3.05, 3.63) is 0 Å². The SMILES string of the molecule is CC(CS(C)=O)NC(=O)C1CCC(CN)O1. The van der Waals surface area contributed by atoms with Crippen LogP contribution < -0.4 is 11.1 Å². The standard InChI is InChI=1S/C10H20N2O3S/c1-7(6-16(2)14)12-10(13)9-4-3-8(5-11)15-9/h7-9H,3-6,11H2,1-2H3,(H,12,13). The van der Waals surface area contributed by atoms with Crippen LogP contribution >= 0.6 is 0 Å². The third kappa shape index (κ3) is 4.19. The van der Waals surface area contributed by atoms with E-state index in [2.05, 4.69) is 5.32 Å². The van der Waals surface area contributed by atoms with Crippen LogP contribution in [0.5, 0.6) is 0 Å². The van der Waals surface area contributed by atoms with Gasteiger partial charge >= 0.3 is 0 Å². The summed E-state index contributed by atoms with van der Waals surface area (Å²) in [4.78, 5) is 11.7. The first-order valence-electron chi connectivity index (χ1n) is 5.49. The van der Waals surface area contributed by atoms with E-state index in [0.29, 0.717) is 12.3 Å². The van der Waals surface area contributed by atoms with Crippen molar-refractivity contribution in [3.8, 4) is 0 Å². The summed E-state index contributed by atoms with van der Waals surface area (Å²) < 4.78 is 16.4. The number of rotatable bonds is 5. The lowest BCUT2D eigenvalue weighted by atomic mass is 10.2. The second-order valence-electron chi connectivity index (χ2n) is 4.21. The van der Waals surface area contributed by atoms with Crippen LogP contribution in [0.2, 0.25) is 0 Å². The number of ether oxygens (including phenoxy) is 1. The van der Waals surface area contributed by atoms with Gasteiger partial charge in [0.2, 0.25) is 5.91 Å². The fourth-order valence-electron chi connectivity index (χ4n) is 1.80. The maximum absolute atomic E-state index is 11.7. The molecule has 0 saturated carbocycles. The number of hydrogen-bond donors (Lipinski definition) is 2. The second kappa shape index (κ2) is 6.32. The third-order valence-electron chi connectivity index (χ3n) is 2.54. The van der Waals surface area contributed by atoms with E-state index in [1.54, 1.807) is 6.26 Å². The molecule has 0 aromatic rings. The van der Waals surface area contributed by atoms with E-state index in [-0.39, 0.29) is 24.2 Å². The highest BCUT2D eigenvalue weighted by Gasteiger charge is 2.30. The van der Waals surface area contributed by atoms with E-state index in [4.69, 9.17) is 10.5 Å². The van der Waals surface area contributed by atoms with Crippen molar-refractivity contribution in [2.75, 3.05) is 18.6 Å². The van der Waals surface area contributed by atoms with Crippen LogP contribution in [0.3, 0.4) is 0 Å². The fourth-order valence-corrected chi connectivity index (χ4v) is 2.59. The van der Waals surface area contributed by atoms with Crippen LogP contribution in [-0.2, 0) is 20.3 Å². The highest BCUT2D eigenvalue weighted by Crippen LogP contribution is 2.18. The van der Waals surface area contributed by atoms with Crippen LogP contribution in [0.4, 0.5) is 0 Å². The number of nitrogens with two attached hydrogens (primary N) is 1. The van der Waals surface area contributed by atoms with Crippen molar-refractivity contribution in [3.63, 3.8) is 0 Å². The summed E-state index contributed by atoms with van der Waals surface area (Å²) in [6.45, 7) is 2.30. The minimum Gasteiger partial charge on any atom is -0.364 e. The fraction of sp³-hybridized carbons (Fsp3) is 0.900. The average molecular weight is 248 g/mol.